The van der Waals surface area contributed by atoms with Crippen LogP contribution < -0.4 is 5.32 Å². The SMILES string of the molecule is S=C1CN2CNC(c3cccnc3)=CC3=C2C1=CCC3. The van der Waals surface area contributed by atoms with Crippen molar-refractivity contribution < 1.29 is 0 Å². The van der Waals surface area contributed by atoms with E-state index >= 15 is 0 Å². The standard InChI is InChI=1S/C16H15N3S/c20-15-9-19-10-18-14(12-4-2-6-17-8-12)7-11-3-1-5-13(15)16(11)19/h2,4-8,18H,1,3,9-10H2. The zero-order valence-electron chi connectivity index (χ0n) is 11.1. The predicted molar refractivity (Wildman–Crippen MR) is 83.9 cm³/mol. The first-order valence-corrected chi connectivity index (χ1v) is 7.31. The average molecular weight is 281 g/mol. The monoisotopic (exact) mass is 281 g/mol. The lowest BCUT2D eigenvalue weighted by molar-refractivity contribution is 0.403. The summed E-state index contributed by atoms with van der Waals surface area (Å²) in [7, 11) is 0. The highest BCUT2D eigenvalue weighted by atomic mass is 32.1. The summed E-state index contributed by atoms with van der Waals surface area (Å²) in [5.74, 6) is 0. The topological polar surface area (TPSA) is 28.2 Å². The van der Waals surface area contributed by atoms with E-state index in [1.165, 1.54) is 16.8 Å². The minimum Gasteiger partial charge on any atom is -0.367 e. The summed E-state index contributed by atoms with van der Waals surface area (Å²) in [6.07, 6.45) is 10.4. The second kappa shape index (κ2) is 4.56. The molecule has 1 N–H and O–H groups in total. The van der Waals surface area contributed by atoms with Gasteiger partial charge in [-0.1, -0.05) is 18.3 Å². The molecule has 1 saturated heterocycles. The van der Waals surface area contributed by atoms with Crippen molar-refractivity contribution in [2.45, 2.75) is 12.8 Å². The second-order valence-corrected chi connectivity index (χ2v) is 5.78. The van der Waals surface area contributed by atoms with Gasteiger partial charge in [-0.25, -0.2) is 0 Å². The molecule has 1 aliphatic carbocycles. The molecule has 1 fully saturated rings. The highest BCUT2D eigenvalue weighted by Crippen LogP contribution is 2.37. The van der Waals surface area contributed by atoms with Crippen molar-refractivity contribution in [3.8, 4) is 0 Å². The minimum atomic E-state index is 0.803. The van der Waals surface area contributed by atoms with Gasteiger partial charge in [0, 0.05) is 39.8 Å². The molecule has 0 saturated carbocycles. The lowest BCUT2D eigenvalue weighted by Gasteiger charge is -2.21. The van der Waals surface area contributed by atoms with E-state index in [2.05, 4.69) is 33.4 Å². The average Bonchev–Trinajstić information content (AvgIpc) is 2.70. The van der Waals surface area contributed by atoms with Crippen molar-refractivity contribution in [2.24, 2.45) is 0 Å². The molecule has 2 aliphatic heterocycles. The summed E-state index contributed by atoms with van der Waals surface area (Å²) in [4.78, 5) is 7.64. The van der Waals surface area contributed by atoms with Crippen LogP contribution in [0.2, 0.25) is 0 Å². The van der Waals surface area contributed by atoms with Gasteiger partial charge in [-0.05, 0) is 36.6 Å². The fourth-order valence-electron chi connectivity index (χ4n) is 3.11. The normalized spacial score (nSPS) is 21.0. The number of nitrogens with zero attached hydrogens (tertiary/aromatic N) is 2. The van der Waals surface area contributed by atoms with E-state index in [9.17, 15) is 0 Å². The highest BCUT2D eigenvalue weighted by Gasteiger charge is 2.32. The van der Waals surface area contributed by atoms with Crippen molar-refractivity contribution in [1.29, 1.82) is 0 Å². The predicted octanol–water partition coefficient (Wildman–Crippen LogP) is 2.64. The summed E-state index contributed by atoms with van der Waals surface area (Å²) >= 11 is 5.51. The first-order chi connectivity index (χ1) is 9.83. The molecule has 100 valence electrons. The van der Waals surface area contributed by atoms with E-state index < -0.39 is 0 Å². The van der Waals surface area contributed by atoms with Crippen molar-refractivity contribution in [1.82, 2.24) is 15.2 Å². The minimum absolute atomic E-state index is 0.803. The molecule has 0 bridgehead atoms. The van der Waals surface area contributed by atoms with Gasteiger partial charge in [0.25, 0.3) is 0 Å². The van der Waals surface area contributed by atoms with Gasteiger partial charge >= 0.3 is 0 Å². The Kier molecular flexibility index (Phi) is 2.70. The molecule has 3 heterocycles. The molecule has 1 aromatic heterocycles. The van der Waals surface area contributed by atoms with Crippen LogP contribution in [0.25, 0.3) is 5.70 Å². The Bertz CT molecular complexity index is 670. The maximum absolute atomic E-state index is 5.51. The summed E-state index contributed by atoms with van der Waals surface area (Å²) in [6.45, 7) is 1.66. The van der Waals surface area contributed by atoms with E-state index in [1.54, 1.807) is 6.20 Å². The van der Waals surface area contributed by atoms with Crippen LogP contribution in [0.3, 0.4) is 0 Å². The number of thiocarbonyl (C=S) groups is 1. The van der Waals surface area contributed by atoms with E-state index in [0.717, 1.165) is 42.2 Å². The van der Waals surface area contributed by atoms with Crippen LogP contribution in [0.15, 0.2) is 53.5 Å². The zero-order valence-corrected chi connectivity index (χ0v) is 11.9. The highest BCUT2D eigenvalue weighted by molar-refractivity contribution is 7.81. The Hall–Kier alpha value is -1.94. The number of allylic oxidation sites excluding steroid dienone is 4. The van der Waals surface area contributed by atoms with Crippen molar-refractivity contribution in [3.05, 3.63) is 59.1 Å². The Labute approximate surface area is 123 Å². The fourth-order valence-corrected chi connectivity index (χ4v) is 3.44. The van der Waals surface area contributed by atoms with Gasteiger partial charge in [-0.2, -0.15) is 0 Å². The van der Waals surface area contributed by atoms with Crippen LogP contribution in [0.5, 0.6) is 0 Å². The third kappa shape index (κ3) is 1.79. The van der Waals surface area contributed by atoms with E-state index in [4.69, 9.17) is 12.2 Å². The van der Waals surface area contributed by atoms with E-state index in [-0.39, 0.29) is 0 Å². The molecular formula is C16H15N3S. The number of hydrogen-bond acceptors (Lipinski definition) is 4. The first-order valence-electron chi connectivity index (χ1n) is 6.91. The summed E-state index contributed by atoms with van der Waals surface area (Å²) in [5, 5.41) is 3.52. The first kappa shape index (κ1) is 11.9. The van der Waals surface area contributed by atoms with Gasteiger partial charge in [-0.3, -0.25) is 4.98 Å². The molecule has 0 radical (unpaired) electrons. The second-order valence-electron chi connectivity index (χ2n) is 5.29. The van der Waals surface area contributed by atoms with Gasteiger partial charge in [0.2, 0.25) is 0 Å². The van der Waals surface area contributed by atoms with Gasteiger partial charge in [0.15, 0.2) is 0 Å². The molecule has 0 amide bonds. The van der Waals surface area contributed by atoms with Gasteiger partial charge in [0.1, 0.15) is 0 Å². The third-order valence-electron chi connectivity index (χ3n) is 4.02. The number of hydrogen-bond donors (Lipinski definition) is 1. The van der Waals surface area contributed by atoms with Crippen LogP contribution in [0.4, 0.5) is 0 Å². The lowest BCUT2D eigenvalue weighted by Crippen LogP contribution is -2.29. The molecular weight excluding hydrogens is 266 g/mol. The van der Waals surface area contributed by atoms with E-state index in [0.29, 0.717) is 0 Å². The maximum atomic E-state index is 5.51. The molecule has 0 atom stereocenters. The number of nitrogens with one attached hydrogen (secondary N) is 1. The van der Waals surface area contributed by atoms with Crippen molar-refractivity contribution in [3.63, 3.8) is 0 Å². The number of pyridine rings is 1. The summed E-state index contributed by atoms with van der Waals surface area (Å²) in [5.41, 5.74) is 6.31. The number of rotatable bonds is 1. The third-order valence-corrected chi connectivity index (χ3v) is 4.37. The Morgan fingerprint density at radius 2 is 2.30 bits per heavy atom. The van der Waals surface area contributed by atoms with Crippen LogP contribution in [0, 0.1) is 0 Å². The maximum Gasteiger partial charge on any atom is 0.0880 e. The van der Waals surface area contributed by atoms with Crippen molar-refractivity contribution >= 4 is 22.8 Å². The molecule has 3 nitrogen and oxygen atoms in total. The van der Waals surface area contributed by atoms with Crippen LogP contribution in [-0.2, 0) is 0 Å². The molecule has 4 rings (SSSR count). The Morgan fingerprint density at radius 1 is 1.35 bits per heavy atom. The molecule has 0 spiro atoms. The van der Waals surface area contributed by atoms with Crippen LogP contribution >= 0.6 is 12.2 Å². The summed E-state index contributed by atoms with van der Waals surface area (Å²) in [6, 6.07) is 4.07. The molecule has 20 heavy (non-hydrogen) atoms. The molecule has 1 aromatic rings. The molecule has 0 aromatic carbocycles. The fraction of sp³-hybridized carbons (Fsp3) is 0.250. The summed E-state index contributed by atoms with van der Waals surface area (Å²) < 4.78 is 0. The lowest BCUT2D eigenvalue weighted by atomic mass is 9.95. The smallest absolute Gasteiger partial charge is 0.0880 e. The quantitative estimate of drug-likeness (QED) is 0.801. The number of aromatic nitrogens is 1. The molecule has 0 unspecified atom stereocenters. The van der Waals surface area contributed by atoms with Crippen LogP contribution in [0.1, 0.15) is 18.4 Å². The van der Waals surface area contributed by atoms with Gasteiger partial charge in [-0.15, -0.1) is 0 Å². The Balaban J connectivity index is 1.81. The molecule has 4 heteroatoms. The zero-order chi connectivity index (χ0) is 13.5. The van der Waals surface area contributed by atoms with Crippen LogP contribution in [-0.4, -0.2) is 28.0 Å². The van der Waals surface area contributed by atoms with Gasteiger partial charge in [0.05, 0.1) is 13.2 Å². The van der Waals surface area contributed by atoms with E-state index in [1.807, 2.05) is 12.3 Å². The van der Waals surface area contributed by atoms with Gasteiger partial charge < -0.3 is 10.2 Å². The molecule has 3 aliphatic rings. The largest absolute Gasteiger partial charge is 0.367 e. The Morgan fingerprint density at radius 3 is 3.15 bits per heavy atom. The van der Waals surface area contributed by atoms with Crippen molar-refractivity contribution in [2.75, 3.05) is 13.2 Å².